The van der Waals surface area contributed by atoms with Gasteiger partial charge in [-0.2, -0.15) is 0 Å². The average molecular weight is 873 g/mol. The fourth-order valence-electron chi connectivity index (χ4n) is 6.63. The Kier molecular flexibility index (Phi) is 42.1. The molecule has 0 heterocycles. The summed E-state index contributed by atoms with van der Waals surface area (Å²) in [5.74, 6) is -1.47. The van der Waals surface area contributed by atoms with Crippen molar-refractivity contribution >= 4 is 25.7 Å². The summed E-state index contributed by atoms with van der Waals surface area (Å²) in [6, 6.07) is 0. The van der Waals surface area contributed by atoms with Gasteiger partial charge >= 0.3 is 25.7 Å². The summed E-state index contributed by atoms with van der Waals surface area (Å²) < 4.78 is 39.2. The molecular weight excluding hydrogens is 783 g/mol. The fourth-order valence-corrected chi connectivity index (χ4v) is 7.41. The largest absolute Gasteiger partial charge is 0.472 e. The number of phosphoric acid groups is 1. The Morgan fingerprint density at radius 1 is 0.467 bits per heavy atom. The summed E-state index contributed by atoms with van der Waals surface area (Å²) in [5, 5.41) is 9.71. The Morgan fingerprint density at radius 2 is 0.850 bits per heavy atom. The van der Waals surface area contributed by atoms with Crippen LogP contribution in [0.4, 0.5) is 0 Å². The van der Waals surface area contributed by atoms with Gasteiger partial charge in [0.15, 0.2) is 6.10 Å². The van der Waals surface area contributed by atoms with Crippen molar-refractivity contribution in [3.05, 3.63) is 24.3 Å². The summed E-state index contributed by atoms with van der Waals surface area (Å²) in [4.78, 5) is 48.0. The van der Waals surface area contributed by atoms with E-state index in [1.54, 1.807) is 0 Å². The highest BCUT2D eigenvalue weighted by Gasteiger charge is 2.28. The second kappa shape index (κ2) is 43.6. The highest BCUT2D eigenvalue weighted by molar-refractivity contribution is 7.47. The number of hydrogen-bond acceptors (Lipinski definition) is 10. The second-order valence-corrected chi connectivity index (χ2v) is 17.7. The number of rotatable bonds is 45. The third kappa shape index (κ3) is 41.3. The van der Waals surface area contributed by atoms with Crippen molar-refractivity contribution in [1.82, 2.24) is 0 Å². The molecule has 0 aromatic rings. The maximum absolute atomic E-state index is 12.8. The number of esters is 3. The minimum atomic E-state index is -4.73. The molecule has 3 unspecified atom stereocenters. The molecule has 0 aliphatic carbocycles. The van der Waals surface area contributed by atoms with Crippen LogP contribution < -0.4 is 0 Å². The van der Waals surface area contributed by atoms with Crippen LogP contribution in [-0.2, 0) is 42.2 Å². The zero-order valence-corrected chi connectivity index (χ0v) is 39.3. The average Bonchev–Trinajstić information content (AvgIpc) is 3.23. The first-order valence-corrected chi connectivity index (χ1v) is 25.7. The van der Waals surface area contributed by atoms with Crippen molar-refractivity contribution in [2.45, 2.75) is 238 Å². The highest BCUT2D eigenvalue weighted by atomic mass is 31.2. The monoisotopic (exact) mass is 873 g/mol. The Morgan fingerprint density at radius 3 is 1.30 bits per heavy atom. The van der Waals surface area contributed by atoms with Gasteiger partial charge in [0.25, 0.3) is 0 Å². The molecule has 12 heteroatoms. The molecule has 0 aliphatic heterocycles. The molecule has 0 aromatic heterocycles. The van der Waals surface area contributed by atoms with E-state index in [1.165, 1.54) is 83.5 Å². The topological polar surface area (TPSA) is 155 Å². The van der Waals surface area contributed by atoms with Gasteiger partial charge < -0.3 is 24.2 Å². The molecule has 0 amide bonds. The number of allylic oxidation sites excluding steroid dienone is 4. The van der Waals surface area contributed by atoms with Gasteiger partial charge in [-0.25, -0.2) is 4.57 Å². The maximum Gasteiger partial charge on any atom is 0.472 e. The third-order valence-electron chi connectivity index (χ3n) is 10.4. The van der Waals surface area contributed by atoms with Gasteiger partial charge in [0, 0.05) is 19.3 Å². The summed E-state index contributed by atoms with van der Waals surface area (Å²) in [7, 11) is -4.73. The van der Waals surface area contributed by atoms with E-state index in [9.17, 15) is 28.9 Å². The van der Waals surface area contributed by atoms with Crippen molar-refractivity contribution in [1.29, 1.82) is 0 Å². The number of hydrogen-bond donors (Lipinski definition) is 2. The standard InChI is InChI=1S/C48H89O11P/c1-4-7-10-13-16-19-21-22-24-27-30-33-36-39-48(52)59-45(41-55-46(50)37-34-31-28-26-23-20-17-14-11-8-5-2)43-57-60(53,54)56-42-44(40-49)58-47(51)38-35-32-29-25-18-15-12-9-6-3/h10,13,19,21,44-45,49H,4-9,11-12,14-18,20,22-43H2,1-3H3,(H,53,54)/b13-10-,21-19-. The van der Waals surface area contributed by atoms with Crippen molar-refractivity contribution in [2.75, 3.05) is 26.4 Å². The molecule has 0 rings (SSSR count). The Balaban J connectivity index is 4.76. The molecule has 11 nitrogen and oxygen atoms in total. The molecule has 0 fully saturated rings. The van der Waals surface area contributed by atoms with E-state index in [2.05, 4.69) is 45.1 Å². The number of phosphoric ester groups is 1. The van der Waals surface area contributed by atoms with Crippen LogP contribution in [0.3, 0.4) is 0 Å². The van der Waals surface area contributed by atoms with Gasteiger partial charge in [0.1, 0.15) is 12.7 Å². The molecule has 0 bridgehead atoms. The number of unbranched alkanes of at least 4 members (excludes halogenated alkanes) is 24. The zero-order chi connectivity index (χ0) is 44.2. The van der Waals surface area contributed by atoms with Gasteiger partial charge in [0.2, 0.25) is 0 Å². The quantitative estimate of drug-likeness (QED) is 0.0197. The predicted molar refractivity (Wildman–Crippen MR) is 243 cm³/mol. The van der Waals surface area contributed by atoms with Gasteiger partial charge in [0.05, 0.1) is 19.8 Å². The first-order valence-electron chi connectivity index (χ1n) is 24.2. The van der Waals surface area contributed by atoms with E-state index >= 15 is 0 Å². The molecule has 0 radical (unpaired) electrons. The van der Waals surface area contributed by atoms with Gasteiger partial charge in [-0.1, -0.05) is 186 Å². The SMILES string of the molecule is CCC/C=C\C/C=C\CCCCCCCC(=O)OC(COC(=O)CCCCCCCCCCCCC)COP(=O)(O)OCC(CO)OC(=O)CCCCCCCCCCC. The van der Waals surface area contributed by atoms with E-state index in [1.807, 2.05) is 0 Å². The van der Waals surface area contributed by atoms with E-state index in [0.29, 0.717) is 19.3 Å². The fraction of sp³-hybridized carbons (Fsp3) is 0.854. The first kappa shape index (κ1) is 58.0. The van der Waals surface area contributed by atoms with E-state index in [4.69, 9.17) is 23.3 Å². The van der Waals surface area contributed by atoms with Crippen LogP contribution in [-0.4, -0.2) is 66.5 Å². The Hall–Kier alpha value is -2.04. The normalized spacial score (nSPS) is 13.8. The molecule has 0 saturated heterocycles. The van der Waals surface area contributed by atoms with Gasteiger partial charge in [-0.3, -0.25) is 23.4 Å². The lowest BCUT2D eigenvalue weighted by molar-refractivity contribution is -0.161. The number of carbonyl (C=O) groups is 3. The second-order valence-electron chi connectivity index (χ2n) is 16.3. The van der Waals surface area contributed by atoms with Gasteiger partial charge in [-0.15, -0.1) is 0 Å². The minimum absolute atomic E-state index is 0.156. The molecule has 3 atom stereocenters. The maximum atomic E-state index is 12.8. The van der Waals surface area contributed by atoms with Crippen LogP contribution >= 0.6 is 7.82 Å². The lowest BCUT2D eigenvalue weighted by atomic mass is 10.1. The molecule has 0 spiro atoms. The van der Waals surface area contributed by atoms with Crippen molar-refractivity contribution in [3.8, 4) is 0 Å². The summed E-state index contributed by atoms with van der Waals surface area (Å²) in [6.07, 6.45) is 38.7. The first-order chi connectivity index (χ1) is 29.2. The number of carbonyl (C=O) groups excluding carboxylic acids is 3. The van der Waals surface area contributed by atoms with Crippen LogP contribution in [0.2, 0.25) is 0 Å². The highest BCUT2D eigenvalue weighted by Crippen LogP contribution is 2.43. The van der Waals surface area contributed by atoms with Crippen LogP contribution in [0.15, 0.2) is 24.3 Å². The molecule has 2 N–H and O–H groups in total. The smallest absolute Gasteiger partial charge is 0.462 e. The van der Waals surface area contributed by atoms with Crippen LogP contribution in [0.1, 0.15) is 226 Å². The lowest BCUT2D eigenvalue weighted by Gasteiger charge is -2.21. The molecule has 0 aromatic carbocycles. The van der Waals surface area contributed by atoms with Crippen LogP contribution in [0, 0.1) is 0 Å². The molecular formula is C48H89O11P. The minimum Gasteiger partial charge on any atom is -0.462 e. The van der Waals surface area contributed by atoms with Crippen LogP contribution in [0.25, 0.3) is 0 Å². The molecule has 0 aliphatic rings. The zero-order valence-electron chi connectivity index (χ0n) is 38.4. The van der Waals surface area contributed by atoms with E-state index in [0.717, 1.165) is 83.5 Å². The Bertz CT molecular complexity index is 1110. The number of aliphatic hydroxyl groups is 1. The predicted octanol–water partition coefficient (Wildman–Crippen LogP) is 13.1. The van der Waals surface area contributed by atoms with Crippen molar-refractivity contribution in [2.24, 2.45) is 0 Å². The number of ether oxygens (including phenoxy) is 3. The third-order valence-corrected chi connectivity index (χ3v) is 11.3. The summed E-state index contributed by atoms with van der Waals surface area (Å²) in [5.41, 5.74) is 0. The van der Waals surface area contributed by atoms with Gasteiger partial charge in [-0.05, 0) is 44.9 Å². The Labute approximate surface area is 366 Å². The molecule has 0 saturated carbocycles. The summed E-state index contributed by atoms with van der Waals surface area (Å²) >= 11 is 0. The van der Waals surface area contributed by atoms with Crippen molar-refractivity contribution < 1.29 is 52.2 Å². The molecule has 60 heavy (non-hydrogen) atoms. The van der Waals surface area contributed by atoms with Crippen LogP contribution in [0.5, 0.6) is 0 Å². The summed E-state index contributed by atoms with van der Waals surface area (Å²) in [6.45, 7) is 4.52. The van der Waals surface area contributed by atoms with E-state index < -0.39 is 57.8 Å². The molecule has 352 valence electrons. The van der Waals surface area contributed by atoms with Crippen molar-refractivity contribution in [3.63, 3.8) is 0 Å². The van der Waals surface area contributed by atoms with E-state index in [-0.39, 0.29) is 25.9 Å². The lowest BCUT2D eigenvalue weighted by Crippen LogP contribution is -2.30. The number of aliphatic hydroxyl groups excluding tert-OH is 1.